The Bertz CT molecular complexity index is 598. The van der Waals surface area contributed by atoms with E-state index in [0.29, 0.717) is 5.56 Å². The van der Waals surface area contributed by atoms with Gasteiger partial charge in [0.15, 0.2) is 0 Å². The van der Waals surface area contributed by atoms with E-state index in [0.717, 1.165) is 17.0 Å². The minimum absolute atomic E-state index is 0.264. The average molecular weight is 259 g/mol. The Labute approximate surface area is 111 Å². The fourth-order valence-electron chi connectivity index (χ4n) is 2.05. The molecule has 98 valence electrons. The van der Waals surface area contributed by atoms with Crippen LogP contribution in [-0.4, -0.2) is 5.91 Å². The highest BCUT2D eigenvalue weighted by Crippen LogP contribution is 2.04. The molecule has 0 aliphatic rings. The summed E-state index contributed by atoms with van der Waals surface area (Å²) in [6.07, 6.45) is 0. The van der Waals surface area contributed by atoms with Crippen molar-refractivity contribution >= 4 is 5.91 Å². The fourth-order valence-corrected chi connectivity index (χ4v) is 2.05. The molecule has 2 rings (SSSR count). The number of halogens is 1. The van der Waals surface area contributed by atoms with Crippen molar-refractivity contribution in [3.8, 4) is 0 Å². The third-order valence-electron chi connectivity index (χ3n) is 2.90. The molecule has 2 aromatic rings. The molecule has 0 spiro atoms. The van der Waals surface area contributed by atoms with Crippen molar-refractivity contribution in [1.82, 2.24) is 0 Å². The zero-order valence-electron chi connectivity index (χ0n) is 11.2. The summed E-state index contributed by atoms with van der Waals surface area (Å²) in [6.45, 7) is 5.85. The number of pyridine rings is 1. The Morgan fingerprint density at radius 2 is 1.58 bits per heavy atom. The molecule has 0 saturated carbocycles. The summed E-state index contributed by atoms with van der Waals surface area (Å²) >= 11 is 0. The van der Waals surface area contributed by atoms with Gasteiger partial charge in [-0.1, -0.05) is 4.68 Å². The Balaban J connectivity index is 2.26. The largest absolute Gasteiger partial charge is 0.305 e. The van der Waals surface area contributed by atoms with Gasteiger partial charge in [0.1, 0.15) is 5.82 Å². The summed E-state index contributed by atoms with van der Waals surface area (Å²) in [7, 11) is 0. The molecule has 1 N–H and O–H groups in total. The number of hydrogen-bond donors (Lipinski definition) is 1. The molecule has 0 fully saturated rings. The van der Waals surface area contributed by atoms with E-state index in [9.17, 15) is 9.18 Å². The first-order valence-corrected chi connectivity index (χ1v) is 6.04. The lowest BCUT2D eigenvalue weighted by molar-refractivity contribution is -0.654. The molecule has 1 heterocycles. The van der Waals surface area contributed by atoms with Gasteiger partial charge in [0.2, 0.25) is 11.4 Å². The topological polar surface area (TPSA) is 33.0 Å². The van der Waals surface area contributed by atoms with Gasteiger partial charge in [-0.15, -0.1) is 5.43 Å². The molecule has 0 radical (unpaired) electrons. The van der Waals surface area contributed by atoms with E-state index in [-0.39, 0.29) is 11.7 Å². The Kier molecular flexibility index (Phi) is 3.60. The SMILES string of the molecule is Cc1cc(C)[n+](NC(=O)c2ccc(F)cc2)c(C)c1. The van der Waals surface area contributed by atoms with Crippen LogP contribution < -0.4 is 10.1 Å². The number of carbonyl (C=O) groups excluding carboxylic acids is 1. The number of nitrogens with zero attached hydrogens (tertiary/aromatic N) is 1. The Morgan fingerprint density at radius 3 is 2.11 bits per heavy atom. The normalized spacial score (nSPS) is 10.3. The molecule has 0 unspecified atom stereocenters. The minimum atomic E-state index is -0.355. The number of rotatable bonds is 2. The third-order valence-corrected chi connectivity index (χ3v) is 2.90. The van der Waals surface area contributed by atoms with E-state index >= 15 is 0 Å². The van der Waals surface area contributed by atoms with Gasteiger partial charge in [-0.2, -0.15) is 0 Å². The second kappa shape index (κ2) is 5.18. The summed E-state index contributed by atoms with van der Waals surface area (Å²) in [5.41, 5.74) is 6.24. The van der Waals surface area contributed by atoms with Crippen LogP contribution in [0.1, 0.15) is 27.3 Å². The van der Waals surface area contributed by atoms with E-state index in [4.69, 9.17) is 0 Å². The molecule has 4 heteroatoms. The second-order valence-corrected chi connectivity index (χ2v) is 4.60. The fraction of sp³-hybridized carbons (Fsp3) is 0.200. The van der Waals surface area contributed by atoms with Gasteiger partial charge in [0, 0.05) is 31.5 Å². The third kappa shape index (κ3) is 2.96. The smallest absolute Gasteiger partial charge is 0.264 e. The minimum Gasteiger partial charge on any atom is -0.264 e. The maximum Gasteiger partial charge on any atom is 0.305 e. The van der Waals surface area contributed by atoms with Crippen LogP contribution in [0.15, 0.2) is 36.4 Å². The first-order chi connectivity index (χ1) is 8.97. The molecule has 1 aromatic heterocycles. The zero-order valence-corrected chi connectivity index (χ0v) is 11.2. The first kappa shape index (κ1) is 13.2. The summed E-state index contributed by atoms with van der Waals surface area (Å²) in [4.78, 5) is 12.1. The van der Waals surface area contributed by atoms with Crippen molar-refractivity contribution in [2.24, 2.45) is 0 Å². The molecule has 1 aromatic carbocycles. The lowest BCUT2D eigenvalue weighted by Crippen LogP contribution is -2.52. The highest BCUT2D eigenvalue weighted by molar-refractivity contribution is 5.98. The lowest BCUT2D eigenvalue weighted by Gasteiger charge is -2.05. The summed E-state index contributed by atoms with van der Waals surface area (Å²) in [5, 5.41) is 0. The van der Waals surface area contributed by atoms with Crippen LogP contribution in [0.4, 0.5) is 4.39 Å². The van der Waals surface area contributed by atoms with Crippen LogP contribution in [0.25, 0.3) is 0 Å². The van der Waals surface area contributed by atoms with Crippen molar-refractivity contribution in [2.45, 2.75) is 20.8 Å². The standard InChI is InChI=1S/C15H15FN2O/c1-10-8-11(2)18(12(3)9-10)17-15(19)13-4-6-14(16)7-5-13/h4-9H,1-3H3/p+1. The quantitative estimate of drug-likeness (QED) is 0.825. The van der Waals surface area contributed by atoms with Crippen LogP contribution in [-0.2, 0) is 0 Å². The van der Waals surface area contributed by atoms with Crippen molar-refractivity contribution < 1.29 is 13.9 Å². The molecule has 0 aliphatic heterocycles. The Hall–Kier alpha value is -2.23. The Morgan fingerprint density at radius 1 is 1.05 bits per heavy atom. The first-order valence-electron chi connectivity index (χ1n) is 6.04. The molecule has 0 atom stereocenters. The highest BCUT2D eigenvalue weighted by Gasteiger charge is 2.16. The van der Waals surface area contributed by atoms with Gasteiger partial charge >= 0.3 is 5.91 Å². The van der Waals surface area contributed by atoms with Gasteiger partial charge < -0.3 is 0 Å². The van der Waals surface area contributed by atoms with Crippen LogP contribution in [0.5, 0.6) is 0 Å². The number of hydrogen-bond acceptors (Lipinski definition) is 1. The molecular formula is C15H16FN2O+. The number of aryl methyl sites for hydroxylation is 3. The monoisotopic (exact) mass is 259 g/mol. The summed E-state index contributed by atoms with van der Waals surface area (Å²) in [6, 6.07) is 9.44. The predicted octanol–water partition coefficient (Wildman–Crippen LogP) is 2.42. The predicted molar refractivity (Wildman–Crippen MR) is 70.9 cm³/mol. The van der Waals surface area contributed by atoms with Gasteiger partial charge in [0.25, 0.3) is 0 Å². The molecule has 19 heavy (non-hydrogen) atoms. The second-order valence-electron chi connectivity index (χ2n) is 4.60. The summed E-state index contributed by atoms with van der Waals surface area (Å²) < 4.78 is 14.5. The lowest BCUT2D eigenvalue weighted by atomic mass is 10.2. The molecule has 0 saturated heterocycles. The van der Waals surface area contributed by atoms with Gasteiger partial charge in [-0.25, -0.2) is 4.39 Å². The molecular weight excluding hydrogens is 243 g/mol. The zero-order chi connectivity index (χ0) is 14.0. The highest BCUT2D eigenvalue weighted by atomic mass is 19.1. The van der Waals surface area contributed by atoms with Crippen LogP contribution in [0.3, 0.4) is 0 Å². The van der Waals surface area contributed by atoms with Crippen LogP contribution in [0.2, 0.25) is 0 Å². The van der Waals surface area contributed by atoms with E-state index < -0.39 is 0 Å². The number of amides is 1. The summed E-state index contributed by atoms with van der Waals surface area (Å²) in [5.74, 6) is -0.619. The number of carbonyl (C=O) groups is 1. The van der Waals surface area contributed by atoms with Gasteiger partial charge in [-0.3, -0.25) is 4.79 Å². The van der Waals surface area contributed by atoms with Crippen molar-refractivity contribution in [1.29, 1.82) is 0 Å². The van der Waals surface area contributed by atoms with Gasteiger partial charge in [-0.05, 0) is 36.8 Å². The van der Waals surface area contributed by atoms with E-state index in [1.165, 1.54) is 24.3 Å². The number of nitrogens with one attached hydrogen (secondary N) is 1. The number of benzene rings is 1. The van der Waals surface area contributed by atoms with Crippen molar-refractivity contribution in [3.63, 3.8) is 0 Å². The van der Waals surface area contributed by atoms with E-state index in [1.54, 1.807) is 4.68 Å². The van der Waals surface area contributed by atoms with Gasteiger partial charge in [0.05, 0.1) is 0 Å². The van der Waals surface area contributed by atoms with Crippen molar-refractivity contribution in [3.05, 3.63) is 64.7 Å². The number of aromatic nitrogens is 1. The molecule has 0 aliphatic carbocycles. The van der Waals surface area contributed by atoms with E-state index in [2.05, 4.69) is 5.43 Å². The molecule has 3 nitrogen and oxygen atoms in total. The maximum absolute atomic E-state index is 12.8. The van der Waals surface area contributed by atoms with Crippen molar-refractivity contribution in [2.75, 3.05) is 5.43 Å². The van der Waals surface area contributed by atoms with E-state index in [1.807, 2.05) is 32.9 Å². The molecule has 0 bridgehead atoms. The maximum atomic E-state index is 12.8. The van der Waals surface area contributed by atoms with Crippen LogP contribution >= 0.6 is 0 Å². The average Bonchev–Trinajstić information content (AvgIpc) is 2.34. The van der Waals surface area contributed by atoms with Crippen LogP contribution in [0, 0.1) is 26.6 Å². The molecule has 1 amide bonds.